The van der Waals surface area contributed by atoms with Gasteiger partial charge in [0.1, 0.15) is 6.54 Å². The van der Waals surface area contributed by atoms with Crippen LogP contribution in [0.1, 0.15) is 39.5 Å². The number of hydrogen-bond acceptors (Lipinski definition) is 5. The Balaban J connectivity index is 1.57. The topological polar surface area (TPSA) is 91.6 Å². The molecule has 1 aromatic heterocycles. The Kier molecular flexibility index (Phi) is 6.17. The summed E-state index contributed by atoms with van der Waals surface area (Å²) < 4.78 is 14.8. The van der Waals surface area contributed by atoms with Crippen molar-refractivity contribution in [3.8, 4) is 23.1 Å². The van der Waals surface area contributed by atoms with Crippen LogP contribution in [0.5, 0.6) is 17.4 Å². The Bertz CT molecular complexity index is 1600. The van der Waals surface area contributed by atoms with Gasteiger partial charge in [-0.2, -0.15) is 0 Å². The highest BCUT2D eigenvalue weighted by molar-refractivity contribution is 5.95. The highest BCUT2D eigenvalue weighted by atomic mass is 16.5. The third-order valence-corrected chi connectivity index (χ3v) is 6.63. The SMILES string of the molecule is COc1cccc2c1Oc1c(c(=O)n(-c3ccc(C)c(C)c3)n1CC(=O)Nc1ccc(C(C)=O)cc1)C2. The van der Waals surface area contributed by atoms with Crippen molar-refractivity contribution in [2.75, 3.05) is 12.4 Å². The van der Waals surface area contributed by atoms with Crippen molar-refractivity contribution in [2.45, 2.75) is 33.7 Å². The molecule has 0 saturated heterocycles. The highest BCUT2D eigenvalue weighted by Gasteiger charge is 2.31. The first-order valence-electron chi connectivity index (χ1n) is 11.9. The molecule has 0 saturated carbocycles. The Morgan fingerprint density at radius 2 is 1.78 bits per heavy atom. The van der Waals surface area contributed by atoms with E-state index in [1.165, 1.54) is 11.6 Å². The van der Waals surface area contributed by atoms with Gasteiger partial charge in [0.05, 0.1) is 18.4 Å². The lowest BCUT2D eigenvalue weighted by Gasteiger charge is -2.21. The molecule has 8 heteroatoms. The lowest BCUT2D eigenvalue weighted by Crippen LogP contribution is -2.27. The molecule has 5 rings (SSSR count). The van der Waals surface area contributed by atoms with E-state index in [2.05, 4.69) is 5.32 Å². The molecule has 1 aliphatic rings. The molecule has 3 aromatic carbocycles. The number of hydrogen-bond donors (Lipinski definition) is 1. The Labute approximate surface area is 214 Å². The molecule has 0 bridgehead atoms. The Morgan fingerprint density at radius 1 is 1.03 bits per heavy atom. The summed E-state index contributed by atoms with van der Waals surface area (Å²) in [5.41, 5.74) is 4.92. The van der Waals surface area contributed by atoms with Gasteiger partial charge in [0.25, 0.3) is 5.56 Å². The van der Waals surface area contributed by atoms with Crippen LogP contribution in [0.25, 0.3) is 5.69 Å². The number of ether oxygens (including phenoxy) is 2. The summed E-state index contributed by atoms with van der Waals surface area (Å²) in [5.74, 6) is 0.990. The molecule has 1 aliphatic heterocycles. The molecular weight excluding hydrogens is 470 g/mol. The zero-order valence-corrected chi connectivity index (χ0v) is 21.1. The zero-order chi connectivity index (χ0) is 26.3. The summed E-state index contributed by atoms with van der Waals surface area (Å²) in [4.78, 5) is 38.4. The van der Waals surface area contributed by atoms with Crippen LogP contribution < -0.4 is 20.3 Å². The number of nitrogens with zero attached hydrogens (tertiary/aromatic N) is 2. The van der Waals surface area contributed by atoms with Crippen molar-refractivity contribution >= 4 is 17.4 Å². The second-order valence-electron chi connectivity index (χ2n) is 9.14. The number of methoxy groups -OCH3 is 1. The summed E-state index contributed by atoms with van der Waals surface area (Å²) in [7, 11) is 1.56. The first-order valence-corrected chi connectivity index (χ1v) is 11.9. The van der Waals surface area contributed by atoms with Crippen LogP contribution in [0, 0.1) is 13.8 Å². The summed E-state index contributed by atoms with van der Waals surface area (Å²) in [6.07, 6.45) is 0.354. The number of aryl methyl sites for hydroxylation is 2. The fraction of sp³-hybridized carbons (Fsp3) is 0.207. The number of benzene rings is 3. The van der Waals surface area contributed by atoms with Crippen LogP contribution in [-0.4, -0.2) is 28.2 Å². The number of rotatable bonds is 6. The summed E-state index contributed by atoms with van der Waals surface area (Å²) >= 11 is 0. The quantitative estimate of drug-likeness (QED) is 0.340. The molecule has 4 aromatic rings. The summed E-state index contributed by atoms with van der Waals surface area (Å²) in [5, 5.41) is 2.85. The minimum atomic E-state index is -0.347. The van der Waals surface area contributed by atoms with Crippen molar-refractivity contribution in [1.82, 2.24) is 9.36 Å². The number of amides is 1. The van der Waals surface area contributed by atoms with E-state index < -0.39 is 0 Å². The molecule has 0 spiro atoms. The number of carbonyl (C=O) groups is 2. The van der Waals surface area contributed by atoms with E-state index in [9.17, 15) is 14.4 Å². The number of para-hydroxylation sites is 1. The maximum Gasteiger partial charge on any atom is 0.278 e. The van der Waals surface area contributed by atoms with Gasteiger partial charge in [-0.1, -0.05) is 18.2 Å². The average Bonchev–Trinajstić information content (AvgIpc) is 3.14. The van der Waals surface area contributed by atoms with Gasteiger partial charge in [0, 0.05) is 23.2 Å². The van der Waals surface area contributed by atoms with Crippen LogP contribution in [0.2, 0.25) is 0 Å². The van der Waals surface area contributed by atoms with E-state index in [1.54, 1.807) is 42.1 Å². The average molecular weight is 498 g/mol. The zero-order valence-electron chi connectivity index (χ0n) is 21.1. The predicted molar refractivity (Wildman–Crippen MR) is 140 cm³/mol. The molecule has 8 nitrogen and oxygen atoms in total. The molecule has 2 heterocycles. The maximum atomic E-state index is 13.7. The molecule has 1 amide bonds. The van der Waals surface area contributed by atoms with Crippen LogP contribution in [0.15, 0.2) is 65.5 Å². The number of ketones is 1. The minimum absolute atomic E-state index is 0.0536. The molecule has 0 fully saturated rings. The first kappa shape index (κ1) is 24.1. The van der Waals surface area contributed by atoms with Gasteiger partial charge in [-0.15, -0.1) is 0 Å². The molecule has 37 heavy (non-hydrogen) atoms. The number of anilines is 1. The van der Waals surface area contributed by atoms with Gasteiger partial charge in [0.15, 0.2) is 17.3 Å². The third kappa shape index (κ3) is 4.42. The summed E-state index contributed by atoms with van der Waals surface area (Å²) in [6, 6.07) is 17.9. The predicted octanol–water partition coefficient (Wildman–Crippen LogP) is 4.80. The largest absolute Gasteiger partial charge is 0.493 e. The second-order valence-corrected chi connectivity index (χ2v) is 9.14. The van der Waals surface area contributed by atoms with Gasteiger partial charge in [-0.3, -0.25) is 14.4 Å². The second kappa shape index (κ2) is 9.46. The molecule has 188 valence electrons. The van der Waals surface area contributed by atoms with Crippen LogP contribution >= 0.6 is 0 Å². The molecular formula is C29H27N3O5. The van der Waals surface area contributed by atoms with Gasteiger partial charge in [-0.25, -0.2) is 9.36 Å². The number of fused-ring (bicyclic) bond motifs is 2. The van der Waals surface area contributed by atoms with Crippen LogP contribution in [0.3, 0.4) is 0 Å². The van der Waals surface area contributed by atoms with Gasteiger partial charge in [-0.05, 0) is 74.4 Å². The van der Waals surface area contributed by atoms with Crippen molar-refractivity contribution < 1.29 is 19.1 Å². The number of Topliss-reactive ketones (excluding diaryl/α,β-unsaturated/α-hetero) is 1. The lowest BCUT2D eigenvalue weighted by molar-refractivity contribution is -0.117. The highest BCUT2D eigenvalue weighted by Crippen LogP contribution is 2.41. The molecule has 0 radical (unpaired) electrons. The van der Waals surface area contributed by atoms with E-state index in [4.69, 9.17) is 9.47 Å². The van der Waals surface area contributed by atoms with E-state index in [0.717, 1.165) is 16.7 Å². The fourth-order valence-corrected chi connectivity index (χ4v) is 4.49. The maximum absolute atomic E-state index is 13.7. The normalized spacial score (nSPS) is 11.8. The van der Waals surface area contributed by atoms with Crippen LogP contribution in [-0.2, 0) is 17.8 Å². The van der Waals surface area contributed by atoms with E-state index in [1.807, 2.05) is 44.2 Å². The third-order valence-electron chi connectivity index (χ3n) is 6.63. The molecule has 0 atom stereocenters. The van der Waals surface area contributed by atoms with Gasteiger partial charge >= 0.3 is 0 Å². The van der Waals surface area contributed by atoms with E-state index in [-0.39, 0.29) is 23.8 Å². The molecule has 1 N–H and O–H groups in total. The van der Waals surface area contributed by atoms with Crippen molar-refractivity contribution in [3.63, 3.8) is 0 Å². The van der Waals surface area contributed by atoms with Crippen LogP contribution in [0.4, 0.5) is 5.69 Å². The monoisotopic (exact) mass is 497 g/mol. The van der Waals surface area contributed by atoms with Crippen molar-refractivity contribution in [1.29, 1.82) is 0 Å². The number of aromatic nitrogens is 2. The molecule has 0 unspecified atom stereocenters. The van der Waals surface area contributed by atoms with Gasteiger partial charge in [0.2, 0.25) is 11.8 Å². The van der Waals surface area contributed by atoms with Crippen molar-refractivity contribution in [3.05, 3.63) is 98.8 Å². The summed E-state index contributed by atoms with van der Waals surface area (Å²) in [6.45, 7) is 5.30. The lowest BCUT2D eigenvalue weighted by atomic mass is 10.0. The van der Waals surface area contributed by atoms with E-state index >= 15 is 0 Å². The minimum Gasteiger partial charge on any atom is -0.493 e. The number of nitrogens with one attached hydrogen (secondary N) is 1. The van der Waals surface area contributed by atoms with Crippen molar-refractivity contribution in [2.24, 2.45) is 0 Å². The molecule has 0 aliphatic carbocycles. The smallest absolute Gasteiger partial charge is 0.278 e. The van der Waals surface area contributed by atoms with Gasteiger partial charge < -0.3 is 14.8 Å². The first-order chi connectivity index (χ1) is 17.8. The standard InChI is InChI=1S/C29H27N3O5/c1-17-8-13-23(14-18(17)2)32-28(35)24-15-21-6-5-7-25(36-4)27(21)37-29(24)31(32)16-26(34)30-22-11-9-20(10-12-22)19(3)33/h5-14H,15-16H2,1-4H3,(H,30,34). The Hall–Kier alpha value is -4.59. The number of carbonyl (C=O) groups excluding carboxylic acids is 2. The fourth-order valence-electron chi connectivity index (χ4n) is 4.49. The Morgan fingerprint density at radius 3 is 2.46 bits per heavy atom. The van der Waals surface area contributed by atoms with E-state index in [0.29, 0.717) is 46.3 Å².